The standard InChI is InChI=1S/C13H16N4OS/c1-17-12(6-14)15-16-13(17)19-8-9-7-18-11-5-3-2-4-10(9)11/h2-5,9H,6-8,14H2,1H3. The van der Waals surface area contributed by atoms with Gasteiger partial charge in [-0.15, -0.1) is 10.2 Å². The van der Waals surface area contributed by atoms with Gasteiger partial charge >= 0.3 is 0 Å². The Balaban J connectivity index is 1.69. The summed E-state index contributed by atoms with van der Waals surface area (Å²) in [5.74, 6) is 3.17. The molecule has 1 aliphatic rings. The Bertz CT molecular complexity index is 584. The first kappa shape index (κ1) is 12.5. The fourth-order valence-corrected chi connectivity index (χ4v) is 3.21. The highest BCUT2D eigenvalue weighted by Gasteiger charge is 2.24. The van der Waals surface area contributed by atoms with Gasteiger partial charge in [0.1, 0.15) is 11.6 Å². The van der Waals surface area contributed by atoms with Crippen LogP contribution in [0.15, 0.2) is 29.4 Å². The van der Waals surface area contributed by atoms with Crippen LogP contribution in [0.3, 0.4) is 0 Å². The molecule has 19 heavy (non-hydrogen) atoms. The third kappa shape index (κ3) is 2.33. The minimum absolute atomic E-state index is 0.416. The van der Waals surface area contributed by atoms with Crippen LogP contribution < -0.4 is 10.5 Å². The van der Waals surface area contributed by atoms with Crippen molar-refractivity contribution < 1.29 is 4.74 Å². The van der Waals surface area contributed by atoms with Crippen LogP contribution in [0.5, 0.6) is 5.75 Å². The number of nitrogens with two attached hydrogens (primary N) is 1. The maximum atomic E-state index is 5.68. The van der Waals surface area contributed by atoms with E-state index in [9.17, 15) is 0 Å². The molecule has 0 amide bonds. The lowest BCUT2D eigenvalue weighted by molar-refractivity contribution is 0.338. The Morgan fingerprint density at radius 3 is 3.05 bits per heavy atom. The van der Waals surface area contributed by atoms with Gasteiger partial charge in [0.25, 0.3) is 0 Å². The van der Waals surface area contributed by atoms with Crippen molar-refractivity contribution >= 4 is 11.8 Å². The summed E-state index contributed by atoms with van der Waals surface area (Å²) in [4.78, 5) is 0. The molecule has 0 saturated heterocycles. The van der Waals surface area contributed by atoms with Gasteiger partial charge in [-0.3, -0.25) is 0 Å². The van der Waals surface area contributed by atoms with Gasteiger partial charge in [0.2, 0.25) is 0 Å². The second-order valence-electron chi connectivity index (χ2n) is 4.52. The first-order valence-corrected chi connectivity index (χ1v) is 7.21. The molecule has 1 atom stereocenters. The van der Waals surface area contributed by atoms with E-state index in [0.717, 1.165) is 29.1 Å². The minimum atomic E-state index is 0.416. The fraction of sp³-hybridized carbons (Fsp3) is 0.385. The van der Waals surface area contributed by atoms with Gasteiger partial charge in [0, 0.05) is 24.3 Å². The van der Waals surface area contributed by atoms with Gasteiger partial charge < -0.3 is 15.0 Å². The van der Waals surface area contributed by atoms with Gasteiger partial charge in [0.05, 0.1) is 13.2 Å². The summed E-state index contributed by atoms with van der Waals surface area (Å²) >= 11 is 1.70. The van der Waals surface area contributed by atoms with E-state index in [1.54, 1.807) is 11.8 Å². The highest BCUT2D eigenvalue weighted by molar-refractivity contribution is 7.99. The van der Waals surface area contributed by atoms with Crippen LogP contribution in [0.2, 0.25) is 0 Å². The Morgan fingerprint density at radius 1 is 1.42 bits per heavy atom. The lowest BCUT2D eigenvalue weighted by Gasteiger charge is -2.08. The Hall–Kier alpha value is -1.53. The number of benzene rings is 1. The van der Waals surface area contributed by atoms with Crippen molar-refractivity contribution in [3.63, 3.8) is 0 Å². The monoisotopic (exact) mass is 276 g/mol. The highest BCUT2D eigenvalue weighted by atomic mass is 32.2. The molecule has 2 N–H and O–H groups in total. The Labute approximate surface area is 116 Å². The second-order valence-corrected chi connectivity index (χ2v) is 5.51. The third-order valence-electron chi connectivity index (χ3n) is 3.32. The maximum Gasteiger partial charge on any atom is 0.191 e. The zero-order valence-electron chi connectivity index (χ0n) is 10.7. The van der Waals surface area contributed by atoms with Gasteiger partial charge in [0.15, 0.2) is 5.16 Å². The molecular formula is C13H16N4OS. The highest BCUT2D eigenvalue weighted by Crippen LogP contribution is 2.36. The molecular weight excluding hydrogens is 260 g/mol. The summed E-state index contributed by atoms with van der Waals surface area (Å²) in [6.45, 7) is 1.16. The predicted octanol–water partition coefficient (Wildman–Crippen LogP) is 1.54. The average Bonchev–Trinajstić information content (AvgIpc) is 3.00. The molecule has 6 heteroatoms. The van der Waals surface area contributed by atoms with Crippen molar-refractivity contribution in [2.24, 2.45) is 12.8 Å². The summed E-state index contributed by atoms with van der Waals surface area (Å²) in [6.07, 6.45) is 0. The summed E-state index contributed by atoms with van der Waals surface area (Å²) < 4.78 is 7.63. The number of nitrogens with zero attached hydrogens (tertiary/aromatic N) is 3. The molecule has 1 unspecified atom stereocenters. The number of hydrogen-bond donors (Lipinski definition) is 1. The summed E-state index contributed by atoms with van der Waals surface area (Å²) in [5, 5.41) is 9.13. The van der Waals surface area contributed by atoms with Gasteiger partial charge in [-0.05, 0) is 6.07 Å². The fourth-order valence-electron chi connectivity index (χ4n) is 2.19. The van der Waals surface area contributed by atoms with Crippen molar-refractivity contribution in [3.05, 3.63) is 35.7 Å². The summed E-state index contributed by atoms with van der Waals surface area (Å²) in [5.41, 5.74) is 6.88. The zero-order chi connectivity index (χ0) is 13.2. The topological polar surface area (TPSA) is 66.0 Å². The number of para-hydroxylation sites is 1. The molecule has 0 radical (unpaired) electrons. The molecule has 2 aromatic rings. The van der Waals surface area contributed by atoms with Crippen LogP contribution in [0.4, 0.5) is 0 Å². The van der Waals surface area contributed by atoms with E-state index in [1.165, 1.54) is 5.56 Å². The molecule has 5 nitrogen and oxygen atoms in total. The van der Waals surface area contributed by atoms with Crippen LogP contribution in [0.1, 0.15) is 17.3 Å². The zero-order valence-corrected chi connectivity index (χ0v) is 11.6. The summed E-state index contributed by atoms with van der Waals surface area (Å²) in [7, 11) is 1.95. The second kappa shape index (κ2) is 5.22. The Kier molecular flexibility index (Phi) is 3.44. The quantitative estimate of drug-likeness (QED) is 0.858. The lowest BCUT2D eigenvalue weighted by Crippen LogP contribution is -2.07. The first-order valence-electron chi connectivity index (χ1n) is 6.22. The molecule has 100 valence electrons. The van der Waals surface area contributed by atoms with Crippen molar-refractivity contribution in [2.75, 3.05) is 12.4 Å². The van der Waals surface area contributed by atoms with Crippen molar-refractivity contribution in [2.45, 2.75) is 17.6 Å². The average molecular weight is 276 g/mol. The van der Waals surface area contributed by atoms with E-state index < -0.39 is 0 Å². The smallest absolute Gasteiger partial charge is 0.191 e. The normalized spacial score (nSPS) is 17.3. The molecule has 3 rings (SSSR count). The van der Waals surface area contributed by atoms with Gasteiger partial charge in [-0.2, -0.15) is 0 Å². The van der Waals surface area contributed by atoms with Crippen LogP contribution in [-0.2, 0) is 13.6 Å². The number of ether oxygens (including phenoxy) is 1. The van der Waals surface area contributed by atoms with E-state index >= 15 is 0 Å². The lowest BCUT2D eigenvalue weighted by atomic mass is 10.0. The van der Waals surface area contributed by atoms with Crippen molar-refractivity contribution in [3.8, 4) is 5.75 Å². The molecule has 2 heterocycles. The van der Waals surface area contributed by atoms with Crippen LogP contribution in [0, 0.1) is 0 Å². The SMILES string of the molecule is Cn1c(CN)nnc1SCC1COc2ccccc21. The van der Waals surface area contributed by atoms with E-state index in [-0.39, 0.29) is 0 Å². The number of fused-ring (bicyclic) bond motifs is 1. The molecule has 0 fully saturated rings. The minimum Gasteiger partial charge on any atom is -0.493 e. The molecule has 0 spiro atoms. The molecule has 0 aliphatic carbocycles. The number of rotatable bonds is 4. The molecule has 1 aliphatic heterocycles. The van der Waals surface area contributed by atoms with E-state index in [1.807, 2.05) is 23.7 Å². The molecule has 1 aromatic carbocycles. The van der Waals surface area contributed by atoms with Crippen LogP contribution >= 0.6 is 11.8 Å². The van der Waals surface area contributed by atoms with Gasteiger partial charge in [-0.1, -0.05) is 30.0 Å². The number of hydrogen-bond acceptors (Lipinski definition) is 5. The Morgan fingerprint density at radius 2 is 2.26 bits per heavy atom. The maximum absolute atomic E-state index is 5.68. The van der Waals surface area contributed by atoms with E-state index in [0.29, 0.717) is 12.5 Å². The number of thioether (sulfide) groups is 1. The predicted molar refractivity (Wildman–Crippen MR) is 74.3 cm³/mol. The number of aromatic nitrogens is 3. The first-order chi connectivity index (χ1) is 9.29. The summed E-state index contributed by atoms with van der Waals surface area (Å²) in [6, 6.07) is 8.22. The van der Waals surface area contributed by atoms with Crippen LogP contribution in [-0.4, -0.2) is 27.1 Å². The van der Waals surface area contributed by atoms with E-state index in [4.69, 9.17) is 10.5 Å². The molecule has 0 bridgehead atoms. The van der Waals surface area contributed by atoms with Crippen molar-refractivity contribution in [1.29, 1.82) is 0 Å². The van der Waals surface area contributed by atoms with E-state index in [2.05, 4.69) is 22.3 Å². The largest absolute Gasteiger partial charge is 0.493 e. The van der Waals surface area contributed by atoms with Gasteiger partial charge in [-0.25, -0.2) is 0 Å². The molecule has 0 saturated carbocycles. The van der Waals surface area contributed by atoms with Crippen molar-refractivity contribution in [1.82, 2.24) is 14.8 Å². The third-order valence-corrected chi connectivity index (χ3v) is 4.50. The molecule has 1 aromatic heterocycles. The van der Waals surface area contributed by atoms with Crippen LogP contribution in [0.25, 0.3) is 0 Å².